The average molecular weight is 318 g/mol. The van der Waals surface area contributed by atoms with Crippen LogP contribution >= 0.6 is 11.6 Å². The Morgan fingerprint density at radius 2 is 1.64 bits per heavy atom. The van der Waals surface area contributed by atoms with Gasteiger partial charge >= 0.3 is 0 Å². The van der Waals surface area contributed by atoms with Crippen LogP contribution in [0.3, 0.4) is 0 Å². The standard InChI is InChI=1S/C18H20ClNO2/c1-20(2)12-13-22-17(14-6-4-3-5-7-14)15-8-10-16(11-9-15)18(19)21/h3-11,17H,12-13H2,1-2H3. The monoisotopic (exact) mass is 317 g/mol. The summed E-state index contributed by atoms with van der Waals surface area (Å²) in [4.78, 5) is 13.3. The average Bonchev–Trinajstić information content (AvgIpc) is 2.52. The van der Waals surface area contributed by atoms with E-state index in [1.54, 1.807) is 12.1 Å². The molecule has 0 N–H and O–H groups in total. The lowest BCUT2D eigenvalue weighted by molar-refractivity contribution is 0.0687. The van der Waals surface area contributed by atoms with E-state index in [9.17, 15) is 4.79 Å². The molecule has 2 aromatic rings. The van der Waals surface area contributed by atoms with Crippen LogP contribution in [0.2, 0.25) is 0 Å². The molecule has 0 aliphatic heterocycles. The maximum Gasteiger partial charge on any atom is 0.252 e. The summed E-state index contributed by atoms with van der Waals surface area (Å²) in [6.45, 7) is 1.48. The van der Waals surface area contributed by atoms with Gasteiger partial charge in [-0.2, -0.15) is 0 Å². The van der Waals surface area contributed by atoms with E-state index < -0.39 is 5.24 Å². The third-order valence-corrected chi connectivity index (χ3v) is 3.58. The van der Waals surface area contributed by atoms with Gasteiger partial charge < -0.3 is 9.64 Å². The zero-order valence-electron chi connectivity index (χ0n) is 12.8. The molecule has 0 heterocycles. The number of nitrogens with zero attached hydrogens (tertiary/aromatic N) is 1. The lowest BCUT2D eigenvalue weighted by atomic mass is 10.0. The summed E-state index contributed by atoms with van der Waals surface area (Å²) in [5, 5.41) is -0.448. The zero-order valence-corrected chi connectivity index (χ0v) is 13.6. The van der Waals surface area contributed by atoms with Crippen molar-refractivity contribution in [2.24, 2.45) is 0 Å². The lowest BCUT2D eigenvalue weighted by Gasteiger charge is -2.20. The first-order chi connectivity index (χ1) is 10.6. The number of ether oxygens (including phenoxy) is 1. The van der Waals surface area contributed by atoms with Crippen LogP contribution in [0.15, 0.2) is 54.6 Å². The fourth-order valence-electron chi connectivity index (χ4n) is 2.15. The van der Waals surface area contributed by atoms with Crippen molar-refractivity contribution >= 4 is 16.8 Å². The fraction of sp³-hybridized carbons (Fsp3) is 0.278. The van der Waals surface area contributed by atoms with E-state index in [1.165, 1.54) is 0 Å². The summed E-state index contributed by atoms with van der Waals surface area (Å²) in [6.07, 6.45) is -0.152. The van der Waals surface area contributed by atoms with Crippen molar-refractivity contribution in [1.82, 2.24) is 4.90 Å². The van der Waals surface area contributed by atoms with Gasteiger partial charge in [-0.1, -0.05) is 42.5 Å². The molecule has 2 aromatic carbocycles. The van der Waals surface area contributed by atoms with Gasteiger partial charge in [-0.05, 0) is 49.0 Å². The van der Waals surface area contributed by atoms with E-state index >= 15 is 0 Å². The minimum Gasteiger partial charge on any atom is -0.367 e. The topological polar surface area (TPSA) is 29.5 Å². The maximum atomic E-state index is 11.2. The molecular weight excluding hydrogens is 298 g/mol. The molecule has 0 amide bonds. The molecule has 0 aliphatic carbocycles. The summed E-state index contributed by atoms with van der Waals surface area (Å²) in [5.74, 6) is 0. The Bertz CT molecular complexity index is 596. The van der Waals surface area contributed by atoms with E-state index in [1.807, 2.05) is 56.6 Å². The highest BCUT2D eigenvalue weighted by Gasteiger charge is 2.15. The van der Waals surface area contributed by atoms with Crippen LogP contribution in [0.5, 0.6) is 0 Å². The molecule has 0 saturated heterocycles. The van der Waals surface area contributed by atoms with Gasteiger partial charge in [-0.3, -0.25) is 4.79 Å². The Kier molecular flexibility index (Phi) is 6.13. The highest BCUT2D eigenvalue weighted by Crippen LogP contribution is 2.26. The van der Waals surface area contributed by atoms with Gasteiger partial charge in [0.15, 0.2) is 0 Å². The second kappa shape index (κ2) is 8.08. The smallest absolute Gasteiger partial charge is 0.252 e. The molecule has 4 heteroatoms. The van der Waals surface area contributed by atoms with Crippen molar-refractivity contribution in [1.29, 1.82) is 0 Å². The summed E-state index contributed by atoms with van der Waals surface area (Å²) in [7, 11) is 4.03. The molecular formula is C18H20ClNO2. The van der Waals surface area contributed by atoms with Crippen molar-refractivity contribution in [2.75, 3.05) is 27.2 Å². The van der Waals surface area contributed by atoms with Gasteiger partial charge in [-0.15, -0.1) is 0 Å². The molecule has 0 fully saturated rings. The number of carbonyl (C=O) groups is 1. The maximum absolute atomic E-state index is 11.2. The third-order valence-electron chi connectivity index (χ3n) is 3.37. The highest BCUT2D eigenvalue weighted by molar-refractivity contribution is 6.67. The zero-order chi connectivity index (χ0) is 15.9. The quantitative estimate of drug-likeness (QED) is 0.729. The molecule has 1 atom stereocenters. The second-order valence-electron chi connectivity index (χ2n) is 5.36. The number of benzene rings is 2. The van der Waals surface area contributed by atoms with Crippen molar-refractivity contribution in [3.8, 4) is 0 Å². The predicted octanol–water partition coefficient (Wildman–Crippen LogP) is 3.73. The first kappa shape index (κ1) is 16.7. The molecule has 22 heavy (non-hydrogen) atoms. The molecule has 3 nitrogen and oxygen atoms in total. The summed E-state index contributed by atoms with van der Waals surface area (Å²) in [6, 6.07) is 17.3. The first-order valence-corrected chi connectivity index (χ1v) is 7.57. The second-order valence-corrected chi connectivity index (χ2v) is 5.70. The molecule has 2 rings (SSSR count). The molecule has 0 saturated carbocycles. The minimum atomic E-state index is -0.448. The molecule has 0 spiro atoms. The Morgan fingerprint density at radius 1 is 1.05 bits per heavy atom. The third kappa shape index (κ3) is 4.67. The summed E-state index contributed by atoms with van der Waals surface area (Å²) in [5.41, 5.74) is 2.59. The van der Waals surface area contributed by atoms with Crippen LogP contribution in [0.4, 0.5) is 0 Å². The summed E-state index contributed by atoms with van der Waals surface area (Å²) >= 11 is 5.49. The Hall–Kier alpha value is -1.68. The van der Waals surface area contributed by atoms with Crippen molar-refractivity contribution in [2.45, 2.75) is 6.10 Å². The van der Waals surface area contributed by atoms with Crippen molar-refractivity contribution < 1.29 is 9.53 Å². The first-order valence-electron chi connectivity index (χ1n) is 7.19. The van der Waals surface area contributed by atoms with Gasteiger partial charge in [0.05, 0.1) is 6.61 Å². The Balaban J connectivity index is 2.21. The molecule has 0 radical (unpaired) electrons. The van der Waals surface area contributed by atoms with Crippen molar-refractivity contribution in [3.63, 3.8) is 0 Å². The van der Waals surface area contributed by atoms with E-state index in [-0.39, 0.29) is 6.10 Å². The number of likely N-dealkylation sites (N-methyl/N-ethyl adjacent to an activating group) is 1. The van der Waals surface area contributed by atoms with Crippen LogP contribution in [0.25, 0.3) is 0 Å². The Morgan fingerprint density at radius 3 is 2.18 bits per heavy atom. The fourth-order valence-corrected chi connectivity index (χ4v) is 2.28. The predicted molar refractivity (Wildman–Crippen MR) is 89.4 cm³/mol. The SMILES string of the molecule is CN(C)CCOC(c1ccccc1)c1ccc(C(=O)Cl)cc1. The largest absolute Gasteiger partial charge is 0.367 e. The minimum absolute atomic E-state index is 0.152. The van der Waals surface area contributed by atoms with E-state index in [0.717, 1.165) is 17.7 Å². The van der Waals surface area contributed by atoms with E-state index in [0.29, 0.717) is 12.2 Å². The van der Waals surface area contributed by atoms with Crippen LogP contribution in [0, 0.1) is 0 Å². The normalized spacial score (nSPS) is 12.4. The highest BCUT2D eigenvalue weighted by atomic mass is 35.5. The van der Waals surface area contributed by atoms with Gasteiger partial charge in [0.2, 0.25) is 0 Å². The molecule has 0 bridgehead atoms. The molecule has 0 aliphatic rings. The van der Waals surface area contributed by atoms with Crippen LogP contribution in [-0.4, -0.2) is 37.4 Å². The number of hydrogen-bond donors (Lipinski definition) is 0. The van der Waals surface area contributed by atoms with Gasteiger partial charge in [0.25, 0.3) is 5.24 Å². The molecule has 0 aromatic heterocycles. The lowest BCUT2D eigenvalue weighted by Crippen LogP contribution is -2.20. The van der Waals surface area contributed by atoms with Gasteiger partial charge in [0, 0.05) is 12.1 Å². The van der Waals surface area contributed by atoms with Gasteiger partial charge in [-0.25, -0.2) is 0 Å². The number of carbonyl (C=O) groups excluding carboxylic acids is 1. The van der Waals surface area contributed by atoms with Crippen LogP contribution in [0.1, 0.15) is 27.6 Å². The Labute approximate surface area is 136 Å². The number of halogens is 1. The number of hydrogen-bond acceptors (Lipinski definition) is 3. The van der Waals surface area contributed by atoms with Crippen molar-refractivity contribution in [3.05, 3.63) is 71.3 Å². The summed E-state index contributed by atoms with van der Waals surface area (Å²) < 4.78 is 6.07. The molecule has 116 valence electrons. The van der Waals surface area contributed by atoms with E-state index in [4.69, 9.17) is 16.3 Å². The van der Waals surface area contributed by atoms with Gasteiger partial charge in [0.1, 0.15) is 6.10 Å². The van der Waals surface area contributed by atoms with Crippen LogP contribution in [-0.2, 0) is 4.74 Å². The number of rotatable bonds is 7. The van der Waals surface area contributed by atoms with Crippen LogP contribution < -0.4 is 0 Å². The molecule has 1 unspecified atom stereocenters. The van der Waals surface area contributed by atoms with E-state index in [2.05, 4.69) is 4.90 Å².